The van der Waals surface area contributed by atoms with E-state index in [9.17, 15) is 4.79 Å². The Morgan fingerprint density at radius 1 is 1.21 bits per heavy atom. The molecule has 0 aliphatic carbocycles. The summed E-state index contributed by atoms with van der Waals surface area (Å²) in [7, 11) is 0. The monoisotopic (exact) mass is 430 g/mol. The van der Waals surface area contributed by atoms with Crippen LogP contribution < -0.4 is 0 Å². The first-order chi connectivity index (χ1) is 9.12. The molecule has 0 bridgehead atoms. The third-order valence-corrected chi connectivity index (χ3v) is 16.0. The molecule has 1 saturated heterocycles. The number of unbranched alkanes of at least 4 members (excludes halogenated alkanes) is 2. The quantitative estimate of drug-likeness (QED) is 0.463. The summed E-state index contributed by atoms with van der Waals surface area (Å²) in [5.41, 5.74) is 0. The first-order valence-corrected chi connectivity index (χ1v) is 15.5. The number of rotatable bonds is 6. The number of hydrogen-bond donors (Lipinski definition) is 0. The van der Waals surface area contributed by atoms with E-state index in [1.165, 1.54) is 23.5 Å². The van der Waals surface area contributed by atoms with Gasteiger partial charge in [-0.25, -0.2) is 0 Å². The minimum absolute atomic E-state index is 0.127. The van der Waals surface area contributed by atoms with E-state index in [1.54, 1.807) is 0 Å². The van der Waals surface area contributed by atoms with Crippen LogP contribution in [0.2, 0.25) is 8.87 Å². The second-order valence-electron chi connectivity index (χ2n) is 4.54. The molecule has 0 aromatic rings. The van der Waals surface area contributed by atoms with Crippen molar-refractivity contribution in [1.82, 2.24) is 0 Å². The molecule has 0 atom stereocenters. The predicted octanol–water partition coefficient (Wildman–Crippen LogP) is 4.31. The van der Waals surface area contributed by atoms with Crippen LogP contribution in [0.15, 0.2) is 0 Å². The maximum absolute atomic E-state index is 11.9. The van der Waals surface area contributed by atoms with Crippen molar-refractivity contribution in [2.45, 2.75) is 48.4 Å². The van der Waals surface area contributed by atoms with E-state index in [4.69, 9.17) is 18.4 Å². The van der Waals surface area contributed by atoms with Crippen molar-refractivity contribution < 1.29 is 10.9 Å². The molecule has 0 unspecified atom stereocenters. The number of carbonyl (C=O) groups excluding carboxylic acids is 1. The van der Waals surface area contributed by atoms with Crippen LogP contribution in [-0.4, -0.2) is 40.4 Å². The molecule has 0 spiro atoms. The van der Waals surface area contributed by atoms with Gasteiger partial charge in [-0.15, -0.1) is 0 Å². The van der Waals surface area contributed by atoms with Gasteiger partial charge in [-0.1, -0.05) is 0 Å². The molecule has 7 heteroatoms. The van der Waals surface area contributed by atoms with Crippen LogP contribution in [0, 0.1) is 0 Å². The van der Waals surface area contributed by atoms with Gasteiger partial charge in [-0.05, 0) is 0 Å². The third-order valence-electron chi connectivity index (χ3n) is 2.93. The zero-order valence-corrected chi connectivity index (χ0v) is 16.9. The van der Waals surface area contributed by atoms with Gasteiger partial charge in [-0.3, -0.25) is 0 Å². The molecular weight excluding hydrogens is 407 g/mol. The Balaban J connectivity index is 2.75. The Bertz CT molecular complexity index is 305. The van der Waals surface area contributed by atoms with Gasteiger partial charge in [-0.2, -0.15) is 0 Å². The molecule has 0 aromatic heterocycles. The van der Waals surface area contributed by atoms with Gasteiger partial charge in [0.1, 0.15) is 0 Å². The van der Waals surface area contributed by atoms with Crippen LogP contribution in [-0.2, 0) is 10.9 Å². The molecule has 19 heavy (non-hydrogen) atoms. The van der Waals surface area contributed by atoms with Crippen LogP contribution in [0.3, 0.4) is 0 Å². The fourth-order valence-corrected chi connectivity index (χ4v) is 14.9. The van der Waals surface area contributed by atoms with Crippen molar-refractivity contribution in [2.75, 3.05) is 11.7 Å². The van der Waals surface area contributed by atoms with E-state index in [0.717, 1.165) is 38.1 Å². The Kier molecular flexibility index (Phi) is 9.38. The normalized spacial score (nSPS) is 20.3. The third kappa shape index (κ3) is 7.02. The summed E-state index contributed by atoms with van der Waals surface area (Å²) in [6.07, 6.45) is 4.42. The van der Waals surface area contributed by atoms with Crippen LogP contribution in [0.5, 0.6) is 0 Å². The molecule has 0 aromatic carbocycles. The average molecular weight is 429 g/mol. The van der Waals surface area contributed by atoms with Gasteiger partial charge in [0.25, 0.3) is 0 Å². The first-order valence-electron chi connectivity index (χ1n) is 6.77. The second kappa shape index (κ2) is 9.87. The van der Waals surface area contributed by atoms with Crippen molar-refractivity contribution in [3.63, 3.8) is 0 Å². The predicted molar refractivity (Wildman–Crippen MR) is 89.9 cm³/mol. The molecule has 1 heterocycles. The first kappa shape index (κ1) is 18.1. The molecule has 1 aliphatic heterocycles. The summed E-state index contributed by atoms with van der Waals surface area (Å²) in [5.74, 6) is 0.771. The van der Waals surface area contributed by atoms with Crippen molar-refractivity contribution in [3.05, 3.63) is 0 Å². The van der Waals surface area contributed by atoms with E-state index in [1.807, 2.05) is 0 Å². The molecule has 3 nitrogen and oxygen atoms in total. The standard InChI is InChI=1S/C4H5O3S3.2C4H9.Sn/c5-2-10-4(8)9-1-3(6)7;2*1-3-4-2;/h1-2H2,(H,6,7);2*1,3-4H2,2H3;/q-1;;;+2/p-1. The second-order valence-corrected chi connectivity index (χ2v) is 17.1. The van der Waals surface area contributed by atoms with Crippen LogP contribution in [0.4, 0.5) is 0 Å². The van der Waals surface area contributed by atoms with Crippen molar-refractivity contribution >= 4 is 64.4 Å². The number of thiocarbonyl (C=S) groups is 1. The van der Waals surface area contributed by atoms with Gasteiger partial charge < -0.3 is 0 Å². The Labute approximate surface area is 134 Å². The zero-order valence-electron chi connectivity index (χ0n) is 11.6. The fraction of sp³-hybridized carbons (Fsp3) is 0.833. The molecule has 0 saturated carbocycles. The van der Waals surface area contributed by atoms with Gasteiger partial charge in [0.15, 0.2) is 0 Å². The Morgan fingerprint density at radius 2 is 1.84 bits per heavy atom. The van der Waals surface area contributed by atoms with Crippen LogP contribution in [0.1, 0.15) is 39.5 Å². The molecule has 110 valence electrons. The molecule has 0 radical (unpaired) electrons. The van der Waals surface area contributed by atoms with E-state index in [2.05, 4.69) is 13.8 Å². The SMILES string of the molecule is CCC[CH2][Sn]1([CH2]CCC)[O]CSC(=S)SCC(=O)[O]1. The summed E-state index contributed by atoms with van der Waals surface area (Å²) in [6.45, 7) is 4.33. The molecule has 1 aliphatic rings. The van der Waals surface area contributed by atoms with Gasteiger partial charge in [0.05, 0.1) is 0 Å². The van der Waals surface area contributed by atoms with Crippen LogP contribution >= 0.6 is 35.7 Å². The molecule has 0 amide bonds. The average Bonchev–Trinajstić information content (AvgIpc) is 2.46. The van der Waals surface area contributed by atoms with E-state index >= 15 is 0 Å². The zero-order chi connectivity index (χ0) is 14.1. The van der Waals surface area contributed by atoms with Crippen molar-refractivity contribution in [1.29, 1.82) is 0 Å². The Hall–Kier alpha value is 1.02. The summed E-state index contributed by atoms with van der Waals surface area (Å²) in [4.78, 5) is 11.9. The summed E-state index contributed by atoms with van der Waals surface area (Å²) < 4.78 is 14.7. The van der Waals surface area contributed by atoms with Gasteiger partial charge in [0.2, 0.25) is 0 Å². The molecule has 1 fully saturated rings. The molecular formula is C12H22O3S3Sn. The van der Waals surface area contributed by atoms with E-state index < -0.39 is 19.2 Å². The summed E-state index contributed by atoms with van der Waals surface area (Å²) >= 11 is 4.89. The fourth-order valence-electron chi connectivity index (χ4n) is 1.87. The van der Waals surface area contributed by atoms with Gasteiger partial charge in [0, 0.05) is 0 Å². The van der Waals surface area contributed by atoms with Crippen LogP contribution in [0.25, 0.3) is 0 Å². The maximum atomic E-state index is 11.9. The van der Waals surface area contributed by atoms with Crippen molar-refractivity contribution in [3.8, 4) is 0 Å². The topological polar surface area (TPSA) is 35.5 Å². The Morgan fingerprint density at radius 3 is 2.42 bits per heavy atom. The van der Waals surface area contributed by atoms with Crippen molar-refractivity contribution in [2.24, 2.45) is 0 Å². The molecule has 1 rings (SSSR count). The van der Waals surface area contributed by atoms with E-state index in [-0.39, 0.29) is 5.97 Å². The van der Waals surface area contributed by atoms with Gasteiger partial charge >= 0.3 is 135 Å². The van der Waals surface area contributed by atoms with E-state index in [0.29, 0.717) is 11.7 Å². The summed E-state index contributed by atoms with van der Waals surface area (Å²) in [5, 5.41) is 0. The summed E-state index contributed by atoms with van der Waals surface area (Å²) in [6, 6.07) is 0. The number of thioether (sulfide) groups is 2. The number of hydrogen-bond acceptors (Lipinski definition) is 6. The molecule has 0 N–H and O–H groups in total. The number of carbonyl (C=O) groups is 1. The minimum atomic E-state index is -3.21.